The van der Waals surface area contributed by atoms with Gasteiger partial charge in [-0.25, -0.2) is 4.79 Å². The number of amides is 2. The Morgan fingerprint density at radius 3 is 2.31 bits per heavy atom. The van der Waals surface area contributed by atoms with Crippen LogP contribution in [0.2, 0.25) is 0 Å². The zero-order chi connectivity index (χ0) is 24.8. The zero-order valence-electron chi connectivity index (χ0n) is 20.2. The van der Waals surface area contributed by atoms with Crippen LogP contribution in [0.4, 0.5) is 4.79 Å². The lowest BCUT2D eigenvalue weighted by Gasteiger charge is -2.17. The number of fused-ring (bicyclic) bond motifs is 3. The fraction of sp³-hybridized carbons (Fsp3) is 0.464. The number of carboxylic acid groups (broad SMARTS) is 1. The Morgan fingerprint density at radius 1 is 1.00 bits per heavy atom. The Balaban J connectivity index is 1.20. The van der Waals surface area contributed by atoms with Crippen LogP contribution < -0.4 is 10.6 Å². The third kappa shape index (κ3) is 6.21. The molecule has 0 saturated heterocycles. The van der Waals surface area contributed by atoms with Crippen molar-refractivity contribution in [1.82, 2.24) is 10.6 Å². The number of carbonyl (C=O) groups is 3. The van der Waals surface area contributed by atoms with Gasteiger partial charge in [-0.15, -0.1) is 0 Å². The van der Waals surface area contributed by atoms with Gasteiger partial charge < -0.3 is 20.5 Å². The van der Waals surface area contributed by atoms with Crippen molar-refractivity contribution in [2.24, 2.45) is 11.8 Å². The SMILES string of the molecule is CC(CCNC(=O)C1CCC(NC(=O)OCC2c3ccccc3-c3ccccc32)C1)CCC(=O)O. The smallest absolute Gasteiger partial charge is 0.407 e. The minimum Gasteiger partial charge on any atom is -0.481 e. The van der Waals surface area contributed by atoms with E-state index in [9.17, 15) is 14.4 Å². The number of hydrogen-bond donors (Lipinski definition) is 3. The van der Waals surface area contributed by atoms with Crippen LogP contribution in [0.3, 0.4) is 0 Å². The van der Waals surface area contributed by atoms with Gasteiger partial charge in [0.1, 0.15) is 6.61 Å². The van der Waals surface area contributed by atoms with E-state index in [-0.39, 0.29) is 42.7 Å². The highest BCUT2D eigenvalue weighted by Crippen LogP contribution is 2.44. The second-order valence-corrected chi connectivity index (χ2v) is 9.79. The third-order valence-electron chi connectivity index (χ3n) is 7.26. The topological polar surface area (TPSA) is 105 Å². The van der Waals surface area contributed by atoms with Crippen molar-refractivity contribution in [3.8, 4) is 11.1 Å². The summed E-state index contributed by atoms with van der Waals surface area (Å²) in [7, 11) is 0. The standard InChI is InChI=1S/C28H34N2O5/c1-18(10-13-26(31)32)14-15-29-27(33)19-11-12-20(16-19)30-28(34)35-17-25-23-8-4-2-6-21(23)22-7-3-5-9-24(22)25/h2-9,18-20,25H,10-17H2,1H3,(H,29,33)(H,30,34)(H,31,32). The molecule has 3 N–H and O–H groups in total. The van der Waals surface area contributed by atoms with Crippen LogP contribution in [0.5, 0.6) is 0 Å². The van der Waals surface area contributed by atoms with Crippen molar-refractivity contribution < 1.29 is 24.2 Å². The van der Waals surface area contributed by atoms with E-state index >= 15 is 0 Å². The van der Waals surface area contributed by atoms with Crippen molar-refractivity contribution in [3.63, 3.8) is 0 Å². The van der Waals surface area contributed by atoms with E-state index < -0.39 is 12.1 Å². The van der Waals surface area contributed by atoms with Crippen molar-refractivity contribution >= 4 is 18.0 Å². The molecule has 0 spiro atoms. The molecule has 3 atom stereocenters. The number of ether oxygens (including phenoxy) is 1. The first-order chi connectivity index (χ1) is 16.9. The molecule has 4 rings (SSSR count). The van der Waals surface area contributed by atoms with E-state index in [4.69, 9.17) is 9.84 Å². The van der Waals surface area contributed by atoms with Gasteiger partial charge in [0.25, 0.3) is 0 Å². The van der Waals surface area contributed by atoms with Crippen LogP contribution in [-0.2, 0) is 14.3 Å². The molecule has 35 heavy (non-hydrogen) atoms. The molecule has 2 aliphatic rings. The molecule has 0 bridgehead atoms. The summed E-state index contributed by atoms with van der Waals surface area (Å²) >= 11 is 0. The lowest BCUT2D eigenvalue weighted by Crippen LogP contribution is -2.36. The molecular formula is C28H34N2O5. The Hall–Kier alpha value is -3.35. The lowest BCUT2D eigenvalue weighted by atomic mass is 9.98. The van der Waals surface area contributed by atoms with E-state index in [1.165, 1.54) is 22.3 Å². The highest BCUT2D eigenvalue weighted by molar-refractivity contribution is 5.80. The fourth-order valence-corrected chi connectivity index (χ4v) is 5.26. The molecule has 0 aliphatic heterocycles. The van der Waals surface area contributed by atoms with Gasteiger partial charge in [0.05, 0.1) is 0 Å². The number of benzene rings is 2. The fourth-order valence-electron chi connectivity index (χ4n) is 5.26. The Bertz CT molecular complexity index is 1020. The molecule has 7 heteroatoms. The van der Waals surface area contributed by atoms with Gasteiger partial charge in [-0.05, 0) is 60.3 Å². The summed E-state index contributed by atoms with van der Waals surface area (Å²) in [4.78, 5) is 35.7. The first-order valence-corrected chi connectivity index (χ1v) is 12.5. The molecule has 7 nitrogen and oxygen atoms in total. The highest BCUT2D eigenvalue weighted by atomic mass is 16.5. The van der Waals surface area contributed by atoms with Crippen molar-refractivity contribution in [3.05, 3.63) is 59.7 Å². The molecule has 186 valence electrons. The van der Waals surface area contributed by atoms with Gasteiger partial charge in [-0.3, -0.25) is 9.59 Å². The van der Waals surface area contributed by atoms with Gasteiger partial charge in [-0.2, -0.15) is 0 Å². The second-order valence-electron chi connectivity index (χ2n) is 9.79. The Kier molecular flexibility index (Phi) is 8.06. The third-order valence-corrected chi connectivity index (χ3v) is 7.26. The maximum atomic E-state index is 12.5. The monoisotopic (exact) mass is 478 g/mol. The summed E-state index contributed by atoms with van der Waals surface area (Å²) in [6, 6.07) is 16.4. The largest absolute Gasteiger partial charge is 0.481 e. The van der Waals surface area contributed by atoms with Gasteiger partial charge in [0.2, 0.25) is 5.91 Å². The van der Waals surface area contributed by atoms with Crippen molar-refractivity contribution in [2.75, 3.05) is 13.2 Å². The van der Waals surface area contributed by atoms with Crippen molar-refractivity contribution in [2.45, 2.75) is 57.4 Å². The predicted molar refractivity (Wildman–Crippen MR) is 133 cm³/mol. The summed E-state index contributed by atoms with van der Waals surface area (Å²) in [6.45, 7) is 2.82. The summed E-state index contributed by atoms with van der Waals surface area (Å²) in [5.41, 5.74) is 4.74. The number of carboxylic acids is 1. The van der Waals surface area contributed by atoms with Gasteiger partial charge >= 0.3 is 12.1 Å². The molecule has 3 unspecified atom stereocenters. The highest BCUT2D eigenvalue weighted by Gasteiger charge is 2.32. The molecule has 2 aliphatic carbocycles. The second kappa shape index (κ2) is 11.4. The molecule has 1 saturated carbocycles. The lowest BCUT2D eigenvalue weighted by molar-refractivity contribution is -0.137. The Labute approximate surface area is 206 Å². The van der Waals surface area contributed by atoms with E-state index in [0.717, 1.165) is 19.3 Å². The minimum atomic E-state index is -0.790. The van der Waals surface area contributed by atoms with Gasteiger partial charge in [0.15, 0.2) is 0 Å². The van der Waals surface area contributed by atoms with Crippen LogP contribution in [-0.4, -0.2) is 42.3 Å². The quantitative estimate of drug-likeness (QED) is 0.459. The number of rotatable bonds is 10. The van der Waals surface area contributed by atoms with Gasteiger partial charge in [0, 0.05) is 30.8 Å². The molecule has 0 aromatic heterocycles. The minimum absolute atomic E-state index is 0.00673. The first-order valence-electron chi connectivity index (χ1n) is 12.5. The van der Waals surface area contributed by atoms with Crippen LogP contribution in [0, 0.1) is 11.8 Å². The summed E-state index contributed by atoms with van der Waals surface area (Å²) in [5.74, 6) is -0.636. The number of aliphatic carboxylic acids is 1. The number of alkyl carbamates (subject to hydrolysis) is 1. The van der Waals surface area contributed by atoms with Crippen LogP contribution >= 0.6 is 0 Å². The van der Waals surface area contributed by atoms with E-state index in [0.29, 0.717) is 19.4 Å². The predicted octanol–water partition coefficient (Wildman–Crippen LogP) is 4.70. The van der Waals surface area contributed by atoms with Crippen LogP contribution in [0.1, 0.15) is 62.5 Å². The number of nitrogens with one attached hydrogen (secondary N) is 2. The van der Waals surface area contributed by atoms with Gasteiger partial charge in [-0.1, -0.05) is 55.5 Å². The van der Waals surface area contributed by atoms with E-state index in [1.54, 1.807) is 0 Å². The number of carbonyl (C=O) groups excluding carboxylic acids is 2. The van der Waals surface area contributed by atoms with E-state index in [1.807, 2.05) is 31.2 Å². The van der Waals surface area contributed by atoms with E-state index in [2.05, 4.69) is 34.9 Å². The molecule has 2 aromatic carbocycles. The molecule has 2 amide bonds. The molecular weight excluding hydrogens is 444 g/mol. The summed E-state index contributed by atoms with van der Waals surface area (Å²) in [5, 5.41) is 14.7. The van der Waals surface area contributed by atoms with Crippen LogP contribution in [0.25, 0.3) is 11.1 Å². The summed E-state index contributed by atoms with van der Waals surface area (Å²) in [6.07, 6.45) is 3.16. The molecule has 0 radical (unpaired) electrons. The molecule has 2 aromatic rings. The zero-order valence-corrected chi connectivity index (χ0v) is 20.2. The number of hydrogen-bond acceptors (Lipinski definition) is 4. The van der Waals surface area contributed by atoms with Crippen molar-refractivity contribution in [1.29, 1.82) is 0 Å². The average Bonchev–Trinajstić information content (AvgIpc) is 3.44. The average molecular weight is 479 g/mol. The Morgan fingerprint density at radius 2 is 1.66 bits per heavy atom. The molecule has 0 heterocycles. The maximum absolute atomic E-state index is 12.5. The normalized spacial score (nSPS) is 19.5. The maximum Gasteiger partial charge on any atom is 0.407 e. The molecule has 1 fully saturated rings. The summed E-state index contributed by atoms with van der Waals surface area (Å²) < 4.78 is 5.64. The first kappa shape index (κ1) is 24.8. The van der Waals surface area contributed by atoms with Crippen LogP contribution in [0.15, 0.2) is 48.5 Å².